The topological polar surface area (TPSA) is 164 Å². The smallest absolute Gasteiger partial charge is 0.459 e. The van der Waals surface area contributed by atoms with Crippen molar-refractivity contribution in [2.75, 3.05) is 13.2 Å². The number of cyclic esters (lactones) is 1. The molecule has 1 saturated heterocycles. The molecule has 1 aromatic heterocycles. The van der Waals surface area contributed by atoms with Gasteiger partial charge in [0, 0.05) is 18.7 Å². The van der Waals surface area contributed by atoms with Gasteiger partial charge in [0.25, 0.3) is 5.56 Å². The van der Waals surface area contributed by atoms with Crippen LogP contribution in [0.4, 0.5) is 4.39 Å². The standard InChI is InChI=1S/C26H33FN3O10P/c1-17-23(34)37-15-9-4-3-8-12-20(31)30-21(32)13-14-29(25(30)35)24-26(2,27)22(33)19(39-24)16-38-41(36,28-17)40-18-10-6-5-7-11-18/h5-7,10-11,13-14,17,19,22,24,33H,3-4,8-9,12,15-16H2,1-2H3,(H,28,36)/t17-,19?,22+,24?,26+,41?/m0/s1. The van der Waals surface area contributed by atoms with Crippen LogP contribution in [0.3, 0.4) is 0 Å². The average molecular weight is 598 g/mol. The zero-order valence-electron chi connectivity index (χ0n) is 22.6. The summed E-state index contributed by atoms with van der Waals surface area (Å²) in [4.78, 5) is 50.9. The lowest BCUT2D eigenvalue weighted by atomic mass is 9.98. The normalized spacial score (nSPS) is 32.2. The van der Waals surface area contributed by atoms with E-state index in [0.717, 1.165) is 23.8 Å². The van der Waals surface area contributed by atoms with Crippen LogP contribution >= 0.6 is 7.75 Å². The molecule has 2 aromatic rings. The maximum absolute atomic E-state index is 15.9. The van der Waals surface area contributed by atoms with Gasteiger partial charge in [-0.15, -0.1) is 0 Å². The summed E-state index contributed by atoms with van der Waals surface area (Å²) in [5.74, 6) is -1.35. The molecule has 41 heavy (non-hydrogen) atoms. The third-order valence-electron chi connectivity index (χ3n) is 6.84. The van der Waals surface area contributed by atoms with E-state index in [2.05, 4.69) is 5.09 Å². The fourth-order valence-electron chi connectivity index (χ4n) is 4.56. The number of fused-ring (bicyclic) bond motifs is 5. The number of carbonyl (C=O) groups excluding carboxylic acids is 2. The summed E-state index contributed by atoms with van der Waals surface area (Å²) in [5.41, 5.74) is -4.61. The summed E-state index contributed by atoms with van der Waals surface area (Å²) < 4.78 is 52.7. The first-order valence-electron chi connectivity index (χ1n) is 13.3. The predicted octanol–water partition coefficient (Wildman–Crippen LogP) is 2.33. The Kier molecular flexibility index (Phi) is 9.60. The van der Waals surface area contributed by atoms with E-state index in [9.17, 15) is 28.8 Å². The highest BCUT2D eigenvalue weighted by molar-refractivity contribution is 7.52. The van der Waals surface area contributed by atoms with Gasteiger partial charge in [-0.3, -0.25) is 23.5 Å². The van der Waals surface area contributed by atoms with E-state index in [1.165, 1.54) is 19.1 Å². The number of rotatable bonds is 2. The maximum atomic E-state index is 15.9. The summed E-state index contributed by atoms with van der Waals surface area (Å²) >= 11 is 0. The summed E-state index contributed by atoms with van der Waals surface area (Å²) in [6, 6.07) is 7.75. The Hall–Kier alpha value is -3.16. The zero-order valence-corrected chi connectivity index (χ0v) is 23.5. The first-order valence-corrected chi connectivity index (χ1v) is 14.8. The highest BCUT2D eigenvalue weighted by Gasteiger charge is 2.56. The number of aromatic nitrogens is 2. The Morgan fingerprint density at radius 2 is 1.80 bits per heavy atom. The lowest BCUT2D eigenvalue weighted by Gasteiger charge is -2.25. The van der Waals surface area contributed by atoms with E-state index in [4.69, 9.17) is 18.5 Å². The molecule has 3 unspecified atom stereocenters. The summed E-state index contributed by atoms with van der Waals surface area (Å²) in [6.45, 7) is 1.76. The van der Waals surface area contributed by atoms with Crippen molar-refractivity contribution in [1.82, 2.24) is 14.2 Å². The molecule has 0 amide bonds. The minimum Gasteiger partial charge on any atom is -0.465 e. The molecule has 2 aliphatic heterocycles. The summed E-state index contributed by atoms with van der Waals surface area (Å²) in [7, 11) is -4.36. The van der Waals surface area contributed by atoms with E-state index in [0.29, 0.717) is 30.3 Å². The van der Waals surface area contributed by atoms with Crippen molar-refractivity contribution in [3.05, 3.63) is 63.4 Å². The van der Waals surface area contributed by atoms with Gasteiger partial charge in [0.05, 0.1) is 13.2 Å². The number of nitrogens with zero attached hydrogens (tertiary/aromatic N) is 2. The third-order valence-corrected chi connectivity index (χ3v) is 8.49. The Labute approximate surface area is 234 Å². The highest BCUT2D eigenvalue weighted by Crippen LogP contribution is 2.47. The van der Waals surface area contributed by atoms with E-state index in [1.54, 1.807) is 18.2 Å². The number of hydrogen-bond acceptors (Lipinski definition) is 10. The van der Waals surface area contributed by atoms with Gasteiger partial charge in [0.2, 0.25) is 5.91 Å². The molecule has 4 rings (SSSR count). The van der Waals surface area contributed by atoms with Gasteiger partial charge < -0.3 is 19.1 Å². The third kappa shape index (κ3) is 7.02. The molecular formula is C26H33FN3O10P. The van der Waals surface area contributed by atoms with Crippen LogP contribution in [0, 0.1) is 0 Å². The average Bonchev–Trinajstić information content (AvgIpc) is 3.14. The van der Waals surface area contributed by atoms with Gasteiger partial charge in [-0.1, -0.05) is 31.0 Å². The summed E-state index contributed by atoms with van der Waals surface area (Å²) in [5, 5.41) is 13.3. The van der Waals surface area contributed by atoms with Crippen LogP contribution in [0.25, 0.3) is 0 Å². The number of ether oxygens (including phenoxy) is 2. The molecule has 2 N–H and O–H groups in total. The number of hydrogen-bond donors (Lipinski definition) is 2. The van der Waals surface area contributed by atoms with Crippen molar-refractivity contribution in [3.8, 4) is 5.75 Å². The number of aliphatic hydroxyl groups excluding tert-OH is 1. The van der Waals surface area contributed by atoms with Crippen LogP contribution in [-0.4, -0.2) is 63.2 Å². The fourth-order valence-corrected chi connectivity index (χ4v) is 6.07. The van der Waals surface area contributed by atoms with Crippen molar-refractivity contribution in [2.45, 2.75) is 76.1 Å². The number of para-hydroxylation sites is 1. The highest BCUT2D eigenvalue weighted by atomic mass is 31.2. The predicted molar refractivity (Wildman–Crippen MR) is 142 cm³/mol. The van der Waals surface area contributed by atoms with Gasteiger partial charge in [0.1, 0.15) is 24.0 Å². The molecule has 4 bridgehead atoms. The van der Waals surface area contributed by atoms with Crippen molar-refractivity contribution in [3.63, 3.8) is 0 Å². The second-order valence-corrected chi connectivity index (χ2v) is 11.8. The molecule has 6 atom stereocenters. The monoisotopic (exact) mass is 597 g/mol. The number of alkyl halides is 1. The molecule has 224 valence electrons. The Morgan fingerprint density at radius 1 is 1.10 bits per heavy atom. The molecule has 15 heteroatoms. The molecule has 0 saturated carbocycles. The van der Waals surface area contributed by atoms with E-state index in [-0.39, 0.29) is 18.8 Å². The number of aliphatic hydroxyl groups is 1. The molecule has 1 aromatic carbocycles. The number of esters is 1. The van der Waals surface area contributed by atoms with Crippen LogP contribution < -0.4 is 20.9 Å². The van der Waals surface area contributed by atoms with E-state index >= 15 is 4.39 Å². The number of benzene rings is 1. The van der Waals surface area contributed by atoms with Crippen molar-refractivity contribution in [2.24, 2.45) is 0 Å². The van der Waals surface area contributed by atoms with Gasteiger partial charge in [-0.25, -0.2) is 13.8 Å². The Bertz CT molecular complexity index is 1410. The second-order valence-electron chi connectivity index (χ2n) is 10.1. The Morgan fingerprint density at radius 3 is 2.54 bits per heavy atom. The fraction of sp³-hybridized carbons (Fsp3) is 0.538. The lowest BCUT2D eigenvalue weighted by molar-refractivity contribution is -0.145. The molecule has 13 nitrogen and oxygen atoms in total. The molecule has 3 heterocycles. The molecule has 2 aliphatic rings. The SMILES string of the molecule is C[C@@H]1NP(=O)(Oc2ccccc2)OCC2OC(n3ccc(=O)n(c3=O)C(=O)CCCCCCOC1=O)[C@](C)(F)[C@@H]2O. The maximum Gasteiger partial charge on any atom is 0.459 e. The first kappa shape index (κ1) is 30.8. The molecule has 1 fully saturated rings. The lowest BCUT2D eigenvalue weighted by Crippen LogP contribution is -2.48. The Balaban J connectivity index is 1.67. The van der Waals surface area contributed by atoms with Crippen LogP contribution in [-0.2, 0) is 23.4 Å². The van der Waals surface area contributed by atoms with Gasteiger partial charge in [0.15, 0.2) is 11.9 Å². The molecule has 0 spiro atoms. The van der Waals surface area contributed by atoms with E-state index in [1.807, 2.05) is 0 Å². The quantitative estimate of drug-likeness (QED) is 0.386. The minimum absolute atomic E-state index is 0.0604. The van der Waals surface area contributed by atoms with Crippen LogP contribution in [0.5, 0.6) is 5.75 Å². The van der Waals surface area contributed by atoms with Crippen molar-refractivity contribution < 1.29 is 42.2 Å². The minimum atomic E-state index is -4.36. The van der Waals surface area contributed by atoms with Gasteiger partial charge >= 0.3 is 19.4 Å². The van der Waals surface area contributed by atoms with E-state index < -0.39 is 67.6 Å². The van der Waals surface area contributed by atoms with Crippen molar-refractivity contribution >= 4 is 19.6 Å². The molecular weight excluding hydrogens is 564 g/mol. The molecule has 0 radical (unpaired) electrons. The number of carbonyl (C=O) groups is 2. The number of nitrogens with one attached hydrogen (secondary N) is 1. The first-order chi connectivity index (χ1) is 19.4. The molecule has 0 aliphatic carbocycles. The summed E-state index contributed by atoms with van der Waals surface area (Å²) in [6.07, 6.45) is -2.30. The van der Waals surface area contributed by atoms with Gasteiger partial charge in [-0.2, -0.15) is 9.65 Å². The van der Waals surface area contributed by atoms with Gasteiger partial charge in [-0.05, 0) is 38.8 Å². The largest absolute Gasteiger partial charge is 0.465 e. The van der Waals surface area contributed by atoms with Crippen LogP contribution in [0.1, 0.15) is 57.0 Å². The van der Waals surface area contributed by atoms with Crippen LogP contribution in [0.15, 0.2) is 52.2 Å². The second kappa shape index (κ2) is 12.8. The number of halogens is 1. The zero-order chi connectivity index (χ0) is 29.8. The van der Waals surface area contributed by atoms with Crippen molar-refractivity contribution in [1.29, 1.82) is 0 Å². The van der Waals surface area contributed by atoms with Crippen LogP contribution in [0.2, 0.25) is 0 Å².